The summed E-state index contributed by atoms with van der Waals surface area (Å²) < 4.78 is 11.3. The molecule has 1 aromatic carbocycles. The fraction of sp³-hybridized carbons (Fsp3) is 0.455. The number of benzene rings is 1. The summed E-state index contributed by atoms with van der Waals surface area (Å²) in [4.78, 5) is 0. The van der Waals surface area contributed by atoms with Gasteiger partial charge in [-0.2, -0.15) is 0 Å². The third kappa shape index (κ3) is 1.96. The highest BCUT2D eigenvalue weighted by Gasteiger charge is 2.39. The lowest BCUT2D eigenvalue weighted by Gasteiger charge is -2.38. The first-order valence-corrected chi connectivity index (χ1v) is 5.93. The van der Waals surface area contributed by atoms with Crippen LogP contribution in [0.3, 0.4) is 0 Å². The predicted octanol–water partition coefficient (Wildman–Crippen LogP) is 1.97. The molecule has 0 radical (unpaired) electrons. The lowest BCUT2D eigenvalue weighted by atomic mass is 10.0. The van der Waals surface area contributed by atoms with Crippen molar-refractivity contribution in [2.75, 3.05) is 11.9 Å². The van der Waals surface area contributed by atoms with Crippen LogP contribution in [0.15, 0.2) is 24.3 Å². The molecule has 0 saturated heterocycles. The van der Waals surface area contributed by atoms with Crippen molar-refractivity contribution in [2.45, 2.75) is 18.6 Å². The van der Waals surface area contributed by atoms with Gasteiger partial charge < -0.3 is 14.6 Å². The number of aliphatic hydroxyl groups excluding tert-OH is 1. The number of para-hydroxylation sites is 2. The van der Waals surface area contributed by atoms with Crippen molar-refractivity contribution >= 4 is 15.9 Å². The average Bonchev–Trinajstić information content (AvgIpc) is 2.27. The number of hydrogen-bond acceptors (Lipinski definition) is 3. The van der Waals surface area contributed by atoms with Crippen LogP contribution in [0, 0.1) is 0 Å². The van der Waals surface area contributed by atoms with Crippen molar-refractivity contribution in [2.24, 2.45) is 0 Å². The number of aliphatic hydroxyl groups is 1. The normalized spacial score (nSPS) is 26.1. The fourth-order valence-corrected chi connectivity index (χ4v) is 2.17. The maximum Gasteiger partial charge on any atom is 0.167 e. The van der Waals surface area contributed by atoms with Crippen LogP contribution >= 0.6 is 15.9 Å². The number of halogens is 1. The molecule has 0 saturated carbocycles. The van der Waals surface area contributed by atoms with Crippen LogP contribution in [0.1, 0.15) is 6.92 Å². The minimum atomic E-state index is -0.683. The van der Waals surface area contributed by atoms with Crippen molar-refractivity contribution in [1.29, 1.82) is 0 Å². The first-order valence-electron chi connectivity index (χ1n) is 4.80. The second-order valence-corrected chi connectivity index (χ2v) is 4.47. The largest absolute Gasteiger partial charge is 0.485 e. The van der Waals surface area contributed by atoms with Crippen LogP contribution in [0.5, 0.6) is 11.5 Å². The Labute approximate surface area is 97.1 Å². The second-order valence-electron chi connectivity index (χ2n) is 3.82. The monoisotopic (exact) mass is 272 g/mol. The molecule has 0 aromatic heterocycles. The van der Waals surface area contributed by atoms with Crippen molar-refractivity contribution < 1.29 is 14.6 Å². The van der Waals surface area contributed by atoms with E-state index in [1.54, 1.807) is 0 Å². The Kier molecular flexibility index (Phi) is 2.89. The van der Waals surface area contributed by atoms with Gasteiger partial charge in [0.1, 0.15) is 12.7 Å². The van der Waals surface area contributed by atoms with Crippen LogP contribution in [0.25, 0.3) is 0 Å². The predicted molar refractivity (Wildman–Crippen MR) is 60.8 cm³/mol. The molecule has 1 N–H and O–H groups in total. The highest BCUT2D eigenvalue weighted by atomic mass is 79.9. The fourth-order valence-electron chi connectivity index (χ4n) is 1.48. The summed E-state index contributed by atoms with van der Waals surface area (Å²) >= 11 is 3.24. The van der Waals surface area contributed by atoms with Gasteiger partial charge in [-0.3, -0.25) is 0 Å². The number of rotatable bonds is 2. The van der Waals surface area contributed by atoms with E-state index in [9.17, 15) is 5.11 Å². The molecule has 0 aliphatic carbocycles. The van der Waals surface area contributed by atoms with Crippen LogP contribution in [0.4, 0.5) is 0 Å². The lowest BCUT2D eigenvalue weighted by Crippen LogP contribution is -2.52. The van der Waals surface area contributed by atoms with Gasteiger partial charge in [-0.1, -0.05) is 28.1 Å². The second kappa shape index (κ2) is 4.02. The molecule has 82 valence electrons. The summed E-state index contributed by atoms with van der Waals surface area (Å²) in [6, 6.07) is 7.48. The van der Waals surface area contributed by atoms with Gasteiger partial charge in [0.15, 0.2) is 17.1 Å². The summed E-state index contributed by atoms with van der Waals surface area (Å²) in [7, 11) is 0. The number of ether oxygens (including phenoxy) is 2. The minimum absolute atomic E-state index is 0.358. The standard InChI is InChI=1S/C11H13BrO3/c1-11(10(13)6-12)7-14-8-4-2-3-5-9(8)15-11/h2-5,10,13H,6-7H2,1H3. The van der Waals surface area contributed by atoms with E-state index >= 15 is 0 Å². The Morgan fingerprint density at radius 1 is 1.47 bits per heavy atom. The van der Waals surface area contributed by atoms with Gasteiger partial charge in [0.05, 0.1) is 0 Å². The van der Waals surface area contributed by atoms with Gasteiger partial charge in [-0.25, -0.2) is 0 Å². The molecule has 1 aliphatic heterocycles. The summed E-state index contributed by atoms with van der Waals surface area (Å²) in [5.41, 5.74) is -0.683. The minimum Gasteiger partial charge on any atom is -0.485 e. The topological polar surface area (TPSA) is 38.7 Å². The maximum absolute atomic E-state index is 9.82. The molecule has 15 heavy (non-hydrogen) atoms. The first kappa shape index (κ1) is 10.8. The van der Waals surface area contributed by atoms with Crippen molar-refractivity contribution in [3.8, 4) is 11.5 Å². The molecule has 2 unspecified atom stereocenters. The lowest BCUT2D eigenvalue weighted by molar-refractivity contribution is -0.0737. The van der Waals surface area contributed by atoms with Gasteiger partial charge >= 0.3 is 0 Å². The summed E-state index contributed by atoms with van der Waals surface area (Å²) in [5.74, 6) is 1.42. The van der Waals surface area contributed by atoms with E-state index in [1.807, 2.05) is 31.2 Å². The molecule has 1 aromatic rings. The highest BCUT2D eigenvalue weighted by Crippen LogP contribution is 2.36. The first-order chi connectivity index (χ1) is 7.15. The van der Waals surface area contributed by atoms with Crippen LogP contribution in [-0.4, -0.2) is 28.7 Å². The van der Waals surface area contributed by atoms with E-state index < -0.39 is 11.7 Å². The Hall–Kier alpha value is -0.740. The van der Waals surface area contributed by atoms with E-state index in [2.05, 4.69) is 15.9 Å². The van der Waals surface area contributed by atoms with E-state index in [-0.39, 0.29) is 0 Å². The molecule has 3 nitrogen and oxygen atoms in total. The van der Waals surface area contributed by atoms with Gasteiger partial charge in [0.2, 0.25) is 0 Å². The molecule has 0 bridgehead atoms. The maximum atomic E-state index is 9.82. The molecule has 2 atom stereocenters. The Bertz CT molecular complexity index is 355. The highest BCUT2D eigenvalue weighted by molar-refractivity contribution is 9.09. The van der Waals surface area contributed by atoms with E-state index in [0.29, 0.717) is 17.7 Å². The van der Waals surface area contributed by atoms with Crippen molar-refractivity contribution in [1.82, 2.24) is 0 Å². The number of alkyl halides is 1. The SMILES string of the molecule is CC1(C(O)CBr)COc2ccccc2O1. The Morgan fingerprint density at radius 3 is 2.80 bits per heavy atom. The number of fused-ring (bicyclic) bond motifs is 1. The molecule has 1 heterocycles. The summed E-state index contributed by atoms with van der Waals surface area (Å²) in [5, 5.41) is 10.3. The van der Waals surface area contributed by atoms with Gasteiger partial charge in [0, 0.05) is 5.33 Å². The summed E-state index contributed by atoms with van der Waals surface area (Å²) in [6.07, 6.45) is -0.592. The smallest absolute Gasteiger partial charge is 0.167 e. The van der Waals surface area contributed by atoms with Gasteiger partial charge in [0.25, 0.3) is 0 Å². The molecule has 0 spiro atoms. The van der Waals surface area contributed by atoms with E-state index in [4.69, 9.17) is 9.47 Å². The van der Waals surface area contributed by atoms with E-state index in [0.717, 1.165) is 5.75 Å². The average molecular weight is 273 g/mol. The van der Waals surface area contributed by atoms with E-state index in [1.165, 1.54) is 0 Å². The quantitative estimate of drug-likeness (QED) is 0.837. The number of hydrogen-bond donors (Lipinski definition) is 1. The molecular formula is C11H13BrO3. The van der Waals surface area contributed by atoms with Crippen molar-refractivity contribution in [3.63, 3.8) is 0 Å². The van der Waals surface area contributed by atoms with Gasteiger partial charge in [-0.05, 0) is 19.1 Å². The van der Waals surface area contributed by atoms with Gasteiger partial charge in [-0.15, -0.1) is 0 Å². The van der Waals surface area contributed by atoms with Crippen LogP contribution < -0.4 is 9.47 Å². The van der Waals surface area contributed by atoms with Crippen LogP contribution in [0.2, 0.25) is 0 Å². The molecular weight excluding hydrogens is 260 g/mol. The Balaban J connectivity index is 2.24. The third-order valence-corrected chi connectivity index (χ3v) is 3.17. The molecule has 0 fully saturated rings. The zero-order valence-corrected chi connectivity index (χ0v) is 10.0. The Morgan fingerprint density at radius 2 is 2.13 bits per heavy atom. The molecule has 1 aliphatic rings. The summed E-state index contributed by atoms with van der Waals surface area (Å²) in [6.45, 7) is 2.20. The van der Waals surface area contributed by atoms with Crippen LogP contribution in [-0.2, 0) is 0 Å². The van der Waals surface area contributed by atoms with Crippen molar-refractivity contribution in [3.05, 3.63) is 24.3 Å². The molecule has 0 amide bonds. The molecule has 2 rings (SSSR count). The zero-order chi connectivity index (χ0) is 10.9. The third-order valence-electron chi connectivity index (χ3n) is 2.56. The molecule has 4 heteroatoms. The zero-order valence-electron chi connectivity index (χ0n) is 8.44.